The van der Waals surface area contributed by atoms with E-state index in [0.717, 1.165) is 0 Å². The van der Waals surface area contributed by atoms with Crippen molar-refractivity contribution in [2.24, 2.45) is 0 Å². The number of thioether (sulfide) groups is 2. The molecule has 2 saturated heterocycles. The van der Waals surface area contributed by atoms with E-state index in [1.54, 1.807) is 0 Å². The largest absolute Gasteiger partial charge is 2.00 e. The SMILES string of the molecule is O=C([O-])CC1SC(=O)NC1=O.O=C([O-])CC1SC(=O)NC1=O.[Zn+2]. The zero-order chi connectivity index (χ0) is 16.9. The number of carboxylic acids is 2. The molecule has 0 spiro atoms. The number of imide groups is 2. The number of hydrogen-bond acceptors (Lipinski definition) is 10. The number of nitrogens with one attached hydrogen (secondary N) is 2. The Balaban J connectivity index is 0.000000403. The molecule has 4 amide bonds. The van der Waals surface area contributed by atoms with Crippen LogP contribution in [0.15, 0.2) is 0 Å². The van der Waals surface area contributed by atoms with E-state index in [1.807, 2.05) is 10.6 Å². The van der Waals surface area contributed by atoms with Crippen LogP contribution in [0.4, 0.5) is 9.59 Å². The third-order valence-electron chi connectivity index (χ3n) is 2.24. The minimum Gasteiger partial charge on any atom is -0.550 e. The molecule has 0 aromatic rings. The Bertz CT molecular complexity index is 507. The van der Waals surface area contributed by atoms with Gasteiger partial charge >= 0.3 is 19.5 Å². The first-order valence-corrected chi connectivity index (χ1v) is 7.37. The second kappa shape index (κ2) is 9.63. The van der Waals surface area contributed by atoms with Crippen LogP contribution in [-0.4, -0.2) is 44.7 Å². The minimum absolute atomic E-state index is 0. The zero-order valence-electron chi connectivity index (χ0n) is 11.4. The van der Waals surface area contributed by atoms with Gasteiger partial charge in [0.2, 0.25) is 11.8 Å². The molecule has 120 valence electrons. The van der Waals surface area contributed by atoms with Crippen molar-refractivity contribution in [3.8, 4) is 0 Å². The van der Waals surface area contributed by atoms with E-state index in [1.165, 1.54) is 0 Å². The molecule has 2 aliphatic rings. The van der Waals surface area contributed by atoms with E-state index in [9.17, 15) is 39.0 Å². The number of aliphatic carboxylic acids is 2. The molecule has 2 atom stereocenters. The molecular formula is C10H8N2O8S2Zn. The van der Waals surface area contributed by atoms with Gasteiger partial charge in [-0.05, 0) is 0 Å². The molecule has 2 rings (SSSR count). The van der Waals surface area contributed by atoms with Crippen LogP contribution in [0.2, 0.25) is 0 Å². The van der Waals surface area contributed by atoms with Crippen LogP contribution in [0.1, 0.15) is 12.8 Å². The predicted molar refractivity (Wildman–Crippen MR) is 69.1 cm³/mol. The summed E-state index contributed by atoms with van der Waals surface area (Å²) >= 11 is 1.36. The van der Waals surface area contributed by atoms with Gasteiger partial charge in [-0.2, -0.15) is 0 Å². The predicted octanol–water partition coefficient (Wildman–Crippen LogP) is -3.05. The Morgan fingerprint density at radius 1 is 0.826 bits per heavy atom. The maximum atomic E-state index is 10.7. The van der Waals surface area contributed by atoms with Gasteiger partial charge < -0.3 is 19.8 Å². The van der Waals surface area contributed by atoms with E-state index >= 15 is 0 Å². The third-order valence-corrected chi connectivity index (χ3v) is 4.20. The van der Waals surface area contributed by atoms with Gasteiger partial charge in [-0.1, -0.05) is 23.5 Å². The molecule has 10 nitrogen and oxygen atoms in total. The van der Waals surface area contributed by atoms with Crippen LogP contribution in [-0.2, 0) is 38.7 Å². The number of hydrogen-bond donors (Lipinski definition) is 2. The Hall–Kier alpha value is -1.46. The number of carbonyl (C=O) groups is 6. The van der Waals surface area contributed by atoms with Crippen molar-refractivity contribution in [3.05, 3.63) is 0 Å². The first-order valence-electron chi connectivity index (χ1n) is 5.61. The number of rotatable bonds is 4. The summed E-state index contributed by atoms with van der Waals surface area (Å²) in [4.78, 5) is 62.3. The van der Waals surface area contributed by atoms with Crippen LogP contribution in [0.3, 0.4) is 0 Å². The van der Waals surface area contributed by atoms with E-state index < -0.39 is 57.6 Å². The minimum atomic E-state index is -1.33. The van der Waals surface area contributed by atoms with E-state index in [2.05, 4.69) is 0 Å². The normalized spacial score (nSPS) is 22.4. The van der Waals surface area contributed by atoms with E-state index in [4.69, 9.17) is 0 Å². The fourth-order valence-corrected chi connectivity index (χ4v) is 2.96. The molecule has 0 aliphatic carbocycles. The standard InChI is InChI=1S/2C5H5NO4S.Zn/c2*7-3(8)1-2-4(9)6-5(10)11-2;/h2*2H,1H2,(H,7,8)(H,6,9,10);/q;;+2/p-2. The number of carboxylic acid groups (broad SMARTS) is 2. The summed E-state index contributed by atoms with van der Waals surface area (Å²) in [5, 5.41) is 21.3. The summed E-state index contributed by atoms with van der Waals surface area (Å²) in [6.07, 6.45) is -0.829. The van der Waals surface area contributed by atoms with Gasteiger partial charge in [0.1, 0.15) is 0 Å². The Kier molecular flexibility index (Phi) is 9.02. The summed E-state index contributed by atoms with van der Waals surface area (Å²) in [5.41, 5.74) is 0. The fourth-order valence-electron chi connectivity index (χ4n) is 1.36. The Morgan fingerprint density at radius 3 is 1.30 bits per heavy atom. The molecule has 0 aromatic carbocycles. The molecule has 23 heavy (non-hydrogen) atoms. The van der Waals surface area contributed by atoms with Crippen molar-refractivity contribution in [1.29, 1.82) is 0 Å². The van der Waals surface area contributed by atoms with Crippen molar-refractivity contribution >= 4 is 57.8 Å². The quantitative estimate of drug-likeness (QED) is 0.451. The van der Waals surface area contributed by atoms with Crippen LogP contribution < -0.4 is 20.8 Å². The van der Waals surface area contributed by atoms with Gasteiger partial charge in [0, 0.05) is 24.8 Å². The molecule has 0 saturated carbocycles. The van der Waals surface area contributed by atoms with Gasteiger partial charge in [0.25, 0.3) is 10.5 Å². The molecular weight excluding hydrogens is 406 g/mol. The first-order chi connectivity index (χ1) is 10.2. The Morgan fingerprint density at radius 2 is 1.13 bits per heavy atom. The second-order valence-corrected chi connectivity index (χ2v) is 6.27. The molecule has 2 heterocycles. The topological polar surface area (TPSA) is 173 Å². The first kappa shape index (κ1) is 21.5. The molecule has 13 heteroatoms. The molecule has 0 aromatic heterocycles. The summed E-state index contributed by atoms with van der Waals surface area (Å²) < 4.78 is 0. The summed E-state index contributed by atoms with van der Waals surface area (Å²) in [6, 6.07) is 0. The zero-order valence-corrected chi connectivity index (χ0v) is 16.0. The van der Waals surface area contributed by atoms with Crippen molar-refractivity contribution in [2.45, 2.75) is 23.3 Å². The van der Waals surface area contributed by atoms with Gasteiger partial charge in [0.15, 0.2) is 0 Å². The van der Waals surface area contributed by atoms with Crippen LogP contribution in [0.5, 0.6) is 0 Å². The van der Waals surface area contributed by atoms with Crippen molar-refractivity contribution in [3.63, 3.8) is 0 Å². The van der Waals surface area contributed by atoms with Crippen LogP contribution >= 0.6 is 23.5 Å². The Labute approximate surface area is 150 Å². The maximum Gasteiger partial charge on any atom is 2.00 e. The molecule has 2 N–H and O–H groups in total. The summed E-state index contributed by atoms with van der Waals surface area (Å²) in [6.45, 7) is 0. The number of amides is 4. The fraction of sp³-hybridized carbons (Fsp3) is 0.400. The van der Waals surface area contributed by atoms with Crippen molar-refractivity contribution < 1.29 is 58.5 Å². The molecule has 2 fully saturated rings. The number of carbonyl (C=O) groups excluding carboxylic acids is 6. The third kappa shape index (κ3) is 7.57. The average molecular weight is 414 g/mol. The van der Waals surface area contributed by atoms with Gasteiger partial charge in [-0.25, -0.2) is 0 Å². The van der Waals surface area contributed by atoms with Crippen molar-refractivity contribution in [2.75, 3.05) is 0 Å². The average Bonchev–Trinajstić information content (AvgIpc) is 2.81. The summed E-state index contributed by atoms with van der Waals surface area (Å²) in [7, 11) is 0. The van der Waals surface area contributed by atoms with Gasteiger partial charge in [-0.15, -0.1) is 0 Å². The van der Waals surface area contributed by atoms with E-state index in [-0.39, 0.29) is 19.5 Å². The van der Waals surface area contributed by atoms with Crippen LogP contribution in [0, 0.1) is 0 Å². The molecule has 0 bridgehead atoms. The monoisotopic (exact) mass is 412 g/mol. The van der Waals surface area contributed by atoms with Crippen LogP contribution in [0.25, 0.3) is 0 Å². The second-order valence-electron chi connectivity index (χ2n) is 3.92. The van der Waals surface area contributed by atoms with Gasteiger partial charge in [-0.3, -0.25) is 29.8 Å². The maximum absolute atomic E-state index is 10.7. The van der Waals surface area contributed by atoms with Gasteiger partial charge in [0.05, 0.1) is 10.5 Å². The van der Waals surface area contributed by atoms with Crippen molar-refractivity contribution in [1.82, 2.24) is 10.6 Å². The van der Waals surface area contributed by atoms with E-state index in [0.29, 0.717) is 23.5 Å². The molecule has 2 aliphatic heterocycles. The molecule has 2 unspecified atom stereocenters. The smallest absolute Gasteiger partial charge is 0.550 e. The molecule has 0 radical (unpaired) electrons. The summed E-state index contributed by atoms with van der Waals surface area (Å²) in [5.74, 6) is -3.76.